The fourth-order valence-corrected chi connectivity index (χ4v) is 0.902. The van der Waals surface area contributed by atoms with E-state index in [4.69, 9.17) is 4.74 Å². The molecule has 0 spiro atoms. The summed E-state index contributed by atoms with van der Waals surface area (Å²) in [5.74, 6) is 0.645. The number of hydrogen-bond acceptors (Lipinski definition) is 3. The lowest BCUT2D eigenvalue weighted by atomic mass is 10.4. The number of carbonyl (C=O) groups excluding carboxylic acids is 1. The molecule has 12 heavy (non-hydrogen) atoms. The highest BCUT2D eigenvalue weighted by Gasteiger charge is 1.96. The zero-order valence-electron chi connectivity index (χ0n) is 7.51. The van der Waals surface area contributed by atoms with Gasteiger partial charge in [-0.05, 0) is 12.2 Å². The Balaban J connectivity index is 3.03. The van der Waals surface area contributed by atoms with Gasteiger partial charge in [0.2, 0.25) is 5.91 Å². The maximum Gasteiger partial charge on any atom is 0.220 e. The Kier molecular flexibility index (Phi) is 8.71. The van der Waals surface area contributed by atoms with Gasteiger partial charge in [0.15, 0.2) is 0 Å². The molecule has 72 valence electrons. The van der Waals surface area contributed by atoms with Crippen LogP contribution >= 0.6 is 12.6 Å². The van der Waals surface area contributed by atoms with E-state index >= 15 is 0 Å². The second kappa shape index (κ2) is 8.87. The summed E-state index contributed by atoms with van der Waals surface area (Å²) in [5.41, 5.74) is 0. The highest BCUT2D eigenvalue weighted by molar-refractivity contribution is 7.80. The summed E-state index contributed by atoms with van der Waals surface area (Å²) in [7, 11) is 0. The first-order valence-corrected chi connectivity index (χ1v) is 4.89. The third kappa shape index (κ3) is 7.88. The van der Waals surface area contributed by atoms with Crippen LogP contribution in [0.5, 0.6) is 0 Å². The lowest BCUT2D eigenvalue weighted by molar-refractivity contribution is -0.120. The molecule has 0 saturated carbocycles. The van der Waals surface area contributed by atoms with Gasteiger partial charge in [-0.1, -0.05) is 6.92 Å². The smallest absolute Gasteiger partial charge is 0.220 e. The minimum atomic E-state index is 0.0464. The predicted molar refractivity (Wildman–Crippen MR) is 52.6 cm³/mol. The molecule has 0 aliphatic heterocycles. The van der Waals surface area contributed by atoms with Gasteiger partial charge in [0, 0.05) is 19.6 Å². The molecule has 0 heterocycles. The van der Waals surface area contributed by atoms with Crippen LogP contribution < -0.4 is 5.32 Å². The monoisotopic (exact) mass is 191 g/mol. The van der Waals surface area contributed by atoms with Gasteiger partial charge in [-0.3, -0.25) is 4.79 Å². The number of nitrogens with one attached hydrogen (secondary N) is 1. The Bertz CT molecular complexity index is 120. The van der Waals surface area contributed by atoms with Crippen molar-refractivity contribution in [3.05, 3.63) is 0 Å². The summed E-state index contributed by atoms with van der Waals surface area (Å²) in [6.45, 7) is 4.03. The third-order valence-electron chi connectivity index (χ3n) is 1.26. The molecule has 0 fully saturated rings. The lowest BCUT2D eigenvalue weighted by Gasteiger charge is -2.04. The molecule has 0 aromatic carbocycles. The van der Waals surface area contributed by atoms with Gasteiger partial charge in [0.1, 0.15) is 0 Å². The van der Waals surface area contributed by atoms with Gasteiger partial charge in [0.25, 0.3) is 0 Å². The van der Waals surface area contributed by atoms with E-state index in [9.17, 15) is 4.79 Å². The normalized spacial score (nSPS) is 9.83. The molecule has 1 N–H and O–H groups in total. The van der Waals surface area contributed by atoms with E-state index in [0.29, 0.717) is 25.3 Å². The topological polar surface area (TPSA) is 38.3 Å². The molecule has 0 radical (unpaired) electrons. The van der Waals surface area contributed by atoms with Crippen LogP contribution in [0, 0.1) is 0 Å². The van der Waals surface area contributed by atoms with Crippen LogP contribution in [0.1, 0.15) is 19.8 Å². The molecule has 0 bridgehead atoms. The van der Waals surface area contributed by atoms with E-state index in [0.717, 1.165) is 13.0 Å². The predicted octanol–water partition coefficient (Wildman–Crippen LogP) is 0.849. The number of amides is 1. The summed E-state index contributed by atoms with van der Waals surface area (Å²) in [4.78, 5) is 10.9. The lowest BCUT2D eigenvalue weighted by Crippen LogP contribution is -2.27. The van der Waals surface area contributed by atoms with Gasteiger partial charge in [-0.2, -0.15) is 12.6 Å². The minimum absolute atomic E-state index is 0.0464. The molecule has 0 aromatic heterocycles. The largest absolute Gasteiger partial charge is 0.380 e. The summed E-state index contributed by atoms with van der Waals surface area (Å²) in [6, 6.07) is 0. The zero-order chi connectivity index (χ0) is 9.23. The number of carbonyl (C=O) groups is 1. The second-order valence-electron chi connectivity index (χ2n) is 2.44. The SMILES string of the molecule is CCCOCCNC(=O)CCS. The van der Waals surface area contributed by atoms with E-state index in [1.54, 1.807) is 0 Å². The van der Waals surface area contributed by atoms with Crippen LogP contribution in [0.15, 0.2) is 0 Å². The van der Waals surface area contributed by atoms with E-state index in [1.165, 1.54) is 0 Å². The van der Waals surface area contributed by atoms with Crippen LogP contribution in [0.25, 0.3) is 0 Å². The quantitative estimate of drug-likeness (QED) is 0.462. The highest BCUT2D eigenvalue weighted by atomic mass is 32.1. The molecule has 1 amide bonds. The van der Waals surface area contributed by atoms with Crippen molar-refractivity contribution in [1.82, 2.24) is 5.32 Å². The molecule has 0 atom stereocenters. The summed E-state index contributed by atoms with van der Waals surface area (Å²) in [6.07, 6.45) is 1.50. The average molecular weight is 191 g/mol. The molecule has 3 nitrogen and oxygen atoms in total. The van der Waals surface area contributed by atoms with Crippen molar-refractivity contribution in [2.24, 2.45) is 0 Å². The summed E-state index contributed by atoms with van der Waals surface area (Å²) < 4.78 is 5.18. The number of ether oxygens (including phenoxy) is 1. The molecule has 0 aromatic rings. The number of hydrogen-bond donors (Lipinski definition) is 2. The fourth-order valence-electron chi connectivity index (χ4n) is 0.699. The Morgan fingerprint density at radius 2 is 2.25 bits per heavy atom. The van der Waals surface area contributed by atoms with Crippen molar-refractivity contribution in [3.8, 4) is 0 Å². The molecule has 0 aliphatic carbocycles. The molecule has 0 rings (SSSR count). The van der Waals surface area contributed by atoms with Crippen LogP contribution in [-0.4, -0.2) is 31.4 Å². The van der Waals surface area contributed by atoms with Crippen LogP contribution in [-0.2, 0) is 9.53 Å². The second-order valence-corrected chi connectivity index (χ2v) is 2.88. The van der Waals surface area contributed by atoms with E-state index < -0.39 is 0 Å². The van der Waals surface area contributed by atoms with Crippen molar-refractivity contribution >= 4 is 18.5 Å². The van der Waals surface area contributed by atoms with E-state index in [-0.39, 0.29) is 5.91 Å². The zero-order valence-corrected chi connectivity index (χ0v) is 8.40. The van der Waals surface area contributed by atoms with Crippen molar-refractivity contribution in [2.75, 3.05) is 25.5 Å². The van der Waals surface area contributed by atoms with E-state index in [1.807, 2.05) is 0 Å². The first-order valence-electron chi connectivity index (χ1n) is 4.26. The first kappa shape index (κ1) is 11.8. The Morgan fingerprint density at radius 3 is 2.83 bits per heavy atom. The third-order valence-corrected chi connectivity index (χ3v) is 1.48. The number of thiol groups is 1. The molecule has 4 heteroatoms. The minimum Gasteiger partial charge on any atom is -0.380 e. The van der Waals surface area contributed by atoms with Gasteiger partial charge in [-0.15, -0.1) is 0 Å². The van der Waals surface area contributed by atoms with Crippen LogP contribution in [0.2, 0.25) is 0 Å². The maximum absolute atomic E-state index is 10.9. The average Bonchev–Trinajstić information content (AvgIpc) is 2.05. The molecule has 0 aliphatic rings. The maximum atomic E-state index is 10.9. The van der Waals surface area contributed by atoms with Crippen molar-refractivity contribution in [3.63, 3.8) is 0 Å². The summed E-state index contributed by atoms with van der Waals surface area (Å²) >= 11 is 3.95. The Labute approximate surface area is 79.3 Å². The molecular weight excluding hydrogens is 174 g/mol. The summed E-state index contributed by atoms with van der Waals surface area (Å²) in [5, 5.41) is 2.73. The number of rotatable bonds is 7. The van der Waals surface area contributed by atoms with Crippen molar-refractivity contribution < 1.29 is 9.53 Å². The van der Waals surface area contributed by atoms with E-state index in [2.05, 4.69) is 24.9 Å². The van der Waals surface area contributed by atoms with Gasteiger partial charge in [-0.25, -0.2) is 0 Å². The van der Waals surface area contributed by atoms with Gasteiger partial charge >= 0.3 is 0 Å². The van der Waals surface area contributed by atoms with Crippen molar-refractivity contribution in [2.45, 2.75) is 19.8 Å². The first-order chi connectivity index (χ1) is 5.81. The Morgan fingerprint density at radius 1 is 1.50 bits per heavy atom. The Hall–Kier alpha value is -0.220. The van der Waals surface area contributed by atoms with Gasteiger partial charge < -0.3 is 10.1 Å². The highest BCUT2D eigenvalue weighted by Crippen LogP contribution is 1.83. The standard InChI is InChI=1S/C8H17NO2S/c1-2-5-11-6-4-9-8(10)3-7-12/h12H,2-7H2,1H3,(H,9,10). The van der Waals surface area contributed by atoms with Gasteiger partial charge in [0.05, 0.1) is 6.61 Å². The molecule has 0 unspecified atom stereocenters. The van der Waals surface area contributed by atoms with Crippen LogP contribution in [0.4, 0.5) is 0 Å². The van der Waals surface area contributed by atoms with Crippen LogP contribution in [0.3, 0.4) is 0 Å². The fraction of sp³-hybridized carbons (Fsp3) is 0.875. The molecular formula is C8H17NO2S. The molecule has 0 saturated heterocycles. The van der Waals surface area contributed by atoms with Crippen molar-refractivity contribution in [1.29, 1.82) is 0 Å².